The molecular formula is C9H19NO. The van der Waals surface area contributed by atoms with Crippen LogP contribution in [0.5, 0.6) is 0 Å². The molecule has 0 bridgehead atoms. The maximum absolute atomic E-state index is 9.24. The highest BCUT2D eigenvalue weighted by Crippen LogP contribution is 2.12. The molecule has 66 valence electrons. The fourth-order valence-corrected chi connectivity index (χ4v) is 1.55. The van der Waals surface area contributed by atoms with Crippen molar-refractivity contribution in [2.75, 3.05) is 19.6 Å². The lowest BCUT2D eigenvalue weighted by Crippen LogP contribution is -2.26. The fourth-order valence-electron chi connectivity index (χ4n) is 1.55. The minimum atomic E-state index is -0.0564. The molecule has 0 spiro atoms. The van der Waals surface area contributed by atoms with Crippen molar-refractivity contribution >= 4 is 0 Å². The standard InChI is InChI=1S/C9H19NO/c1-3-8(2)6-10-5-4-9(11)7-10/h8-9,11H,3-7H2,1-2H3/t8?,9-/m0/s1. The van der Waals surface area contributed by atoms with E-state index in [1.807, 2.05) is 0 Å². The Labute approximate surface area is 69.2 Å². The molecule has 11 heavy (non-hydrogen) atoms. The van der Waals surface area contributed by atoms with Crippen LogP contribution in [0, 0.1) is 5.92 Å². The Morgan fingerprint density at radius 3 is 2.82 bits per heavy atom. The second kappa shape index (κ2) is 4.07. The second-order valence-electron chi connectivity index (χ2n) is 3.72. The number of aliphatic hydroxyl groups excluding tert-OH is 1. The zero-order valence-electron chi connectivity index (χ0n) is 7.58. The molecule has 1 saturated heterocycles. The molecule has 1 N–H and O–H groups in total. The lowest BCUT2D eigenvalue weighted by molar-refractivity contribution is 0.170. The van der Waals surface area contributed by atoms with Gasteiger partial charge in [0, 0.05) is 19.6 Å². The summed E-state index contributed by atoms with van der Waals surface area (Å²) in [5.41, 5.74) is 0. The largest absolute Gasteiger partial charge is 0.392 e. The highest BCUT2D eigenvalue weighted by atomic mass is 16.3. The molecule has 2 nitrogen and oxygen atoms in total. The maximum atomic E-state index is 9.24. The first-order chi connectivity index (χ1) is 5.22. The van der Waals surface area contributed by atoms with Crippen LogP contribution in [0.2, 0.25) is 0 Å². The molecule has 1 aliphatic rings. The number of likely N-dealkylation sites (tertiary alicyclic amines) is 1. The molecule has 0 aromatic rings. The van der Waals surface area contributed by atoms with Crippen LogP contribution in [-0.4, -0.2) is 35.7 Å². The number of β-amino-alcohol motifs (C(OH)–C–C–N with tert-alkyl or cyclic N) is 1. The number of hydrogen-bond donors (Lipinski definition) is 1. The lowest BCUT2D eigenvalue weighted by atomic mass is 10.1. The first-order valence-electron chi connectivity index (χ1n) is 4.62. The Bertz CT molecular complexity index is 116. The smallest absolute Gasteiger partial charge is 0.0679 e. The van der Waals surface area contributed by atoms with Crippen molar-refractivity contribution in [2.45, 2.75) is 32.8 Å². The molecule has 1 fully saturated rings. The number of nitrogens with zero attached hydrogens (tertiary/aromatic N) is 1. The Balaban J connectivity index is 2.17. The van der Waals surface area contributed by atoms with Crippen LogP contribution < -0.4 is 0 Å². The summed E-state index contributed by atoms with van der Waals surface area (Å²) in [7, 11) is 0. The minimum absolute atomic E-state index is 0.0564. The average molecular weight is 157 g/mol. The van der Waals surface area contributed by atoms with E-state index in [1.165, 1.54) is 6.42 Å². The third-order valence-electron chi connectivity index (χ3n) is 2.51. The summed E-state index contributed by atoms with van der Waals surface area (Å²) in [5.74, 6) is 0.778. The van der Waals surface area contributed by atoms with Crippen molar-refractivity contribution < 1.29 is 5.11 Å². The summed E-state index contributed by atoms with van der Waals surface area (Å²) in [6.45, 7) is 7.63. The van der Waals surface area contributed by atoms with E-state index >= 15 is 0 Å². The molecule has 2 heteroatoms. The van der Waals surface area contributed by atoms with Gasteiger partial charge in [0.25, 0.3) is 0 Å². The summed E-state index contributed by atoms with van der Waals surface area (Å²) < 4.78 is 0. The van der Waals surface area contributed by atoms with Gasteiger partial charge >= 0.3 is 0 Å². The minimum Gasteiger partial charge on any atom is -0.392 e. The van der Waals surface area contributed by atoms with E-state index in [0.29, 0.717) is 0 Å². The maximum Gasteiger partial charge on any atom is 0.0679 e. The van der Waals surface area contributed by atoms with Crippen LogP contribution in [-0.2, 0) is 0 Å². The molecule has 0 aromatic heterocycles. The fraction of sp³-hybridized carbons (Fsp3) is 1.00. The number of rotatable bonds is 3. The van der Waals surface area contributed by atoms with Crippen molar-refractivity contribution in [3.8, 4) is 0 Å². The monoisotopic (exact) mass is 157 g/mol. The summed E-state index contributed by atoms with van der Waals surface area (Å²) in [4.78, 5) is 2.36. The first kappa shape index (κ1) is 9.01. The van der Waals surface area contributed by atoms with Gasteiger partial charge in [0.05, 0.1) is 6.10 Å². The van der Waals surface area contributed by atoms with E-state index < -0.39 is 0 Å². The normalized spacial score (nSPS) is 29.2. The van der Waals surface area contributed by atoms with Crippen LogP contribution in [0.1, 0.15) is 26.7 Å². The van der Waals surface area contributed by atoms with E-state index in [0.717, 1.165) is 32.0 Å². The Kier molecular flexibility index (Phi) is 3.34. The molecule has 2 atom stereocenters. The quantitative estimate of drug-likeness (QED) is 0.663. The van der Waals surface area contributed by atoms with Gasteiger partial charge in [-0.1, -0.05) is 20.3 Å². The molecular weight excluding hydrogens is 138 g/mol. The third-order valence-corrected chi connectivity index (χ3v) is 2.51. The lowest BCUT2D eigenvalue weighted by Gasteiger charge is -2.18. The van der Waals surface area contributed by atoms with Crippen LogP contribution in [0.15, 0.2) is 0 Å². The summed E-state index contributed by atoms with van der Waals surface area (Å²) >= 11 is 0. The van der Waals surface area contributed by atoms with Gasteiger partial charge in [0.15, 0.2) is 0 Å². The van der Waals surface area contributed by atoms with Gasteiger partial charge in [0.2, 0.25) is 0 Å². The van der Waals surface area contributed by atoms with Crippen LogP contribution in [0.4, 0.5) is 0 Å². The van der Waals surface area contributed by atoms with Crippen LogP contribution >= 0.6 is 0 Å². The van der Waals surface area contributed by atoms with Crippen molar-refractivity contribution in [1.29, 1.82) is 0 Å². The van der Waals surface area contributed by atoms with Gasteiger partial charge < -0.3 is 10.0 Å². The van der Waals surface area contributed by atoms with E-state index in [9.17, 15) is 5.11 Å². The van der Waals surface area contributed by atoms with E-state index in [-0.39, 0.29) is 6.10 Å². The predicted octanol–water partition coefficient (Wildman–Crippen LogP) is 1.10. The molecule has 1 heterocycles. The van der Waals surface area contributed by atoms with Crippen molar-refractivity contribution in [3.05, 3.63) is 0 Å². The Hall–Kier alpha value is -0.0800. The van der Waals surface area contributed by atoms with Gasteiger partial charge in [0.1, 0.15) is 0 Å². The number of hydrogen-bond acceptors (Lipinski definition) is 2. The van der Waals surface area contributed by atoms with Crippen molar-refractivity contribution in [1.82, 2.24) is 4.90 Å². The molecule has 0 saturated carbocycles. The topological polar surface area (TPSA) is 23.5 Å². The van der Waals surface area contributed by atoms with E-state index in [2.05, 4.69) is 18.7 Å². The summed E-state index contributed by atoms with van der Waals surface area (Å²) in [6.07, 6.45) is 2.15. The number of aliphatic hydroxyl groups is 1. The van der Waals surface area contributed by atoms with Gasteiger partial charge in [-0.25, -0.2) is 0 Å². The highest BCUT2D eigenvalue weighted by molar-refractivity contribution is 4.75. The SMILES string of the molecule is CCC(C)CN1CC[C@H](O)C1. The van der Waals surface area contributed by atoms with Crippen LogP contribution in [0.3, 0.4) is 0 Å². The predicted molar refractivity (Wildman–Crippen MR) is 46.5 cm³/mol. The highest BCUT2D eigenvalue weighted by Gasteiger charge is 2.20. The zero-order chi connectivity index (χ0) is 8.27. The van der Waals surface area contributed by atoms with E-state index in [4.69, 9.17) is 0 Å². The average Bonchev–Trinajstić information content (AvgIpc) is 2.35. The van der Waals surface area contributed by atoms with Crippen molar-refractivity contribution in [2.24, 2.45) is 5.92 Å². The second-order valence-corrected chi connectivity index (χ2v) is 3.72. The molecule has 0 aliphatic carbocycles. The first-order valence-corrected chi connectivity index (χ1v) is 4.62. The van der Waals surface area contributed by atoms with Gasteiger partial charge in [-0.2, -0.15) is 0 Å². The van der Waals surface area contributed by atoms with Gasteiger partial charge in [-0.15, -0.1) is 0 Å². The summed E-state index contributed by atoms with van der Waals surface area (Å²) in [6, 6.07) is 0. The van der Waals surface area contributed by atoms with Crippen LogP contribution in [0.25, 0.3) is 0 Å². The molecule has 1 rings (SSSR count). The zero-order valence-corrected chi connectivity index (χ0v) is 7.58. The molecule has 1 unspecified atom stereocenters. The Morgan fingerprint density at radius 2 is 2.36 bits per heavy atom. The molecule has 0 amide bonds. The molecule has 0 radical (unpaired) electrons. The molecule has 0 aromatic carbocycles. The molecule has 1 aliphatic heterocycles. The van der Waals surface area contributed by atoms with Gasteiger partial charge in [-0.3, -0.25) is 0 Å². The van der Waals surface area contributed by atoms with Gasteiger partial charge in [-0.05, 0) is 12.3 Å². The van der Waals surface area contributed by atoms with Crippen molar-refractivity contribution in [3.63, 3.8) is 0 Å². The third kappa shape index (κ3) is 2.80. The Morgan fingerprint density at radius 1 is 1.64 bits per heavy atom. The van der Waals surface area contributed by atoms with E-state index in [1.54, 1.807) is 0 Å². The summed E-state index contributed by atoms with van der Waals surface area (Å²) in [5, 5.41) is 9.24.